The second-order valence-corrected chi connectivity index (χ2v) is 7.07. The maximum atomic E-state index is 12.0. The standard InChI is InChI=1S/C14H24N2O2S/c1-4-14(9-15)19(17,18)16-10-12-5-7-13(8-6-12)11(2)3/h5-8,11,14,16H,4,9-10,15H2,1-3H3. The summed E-state index contributed by atoms with van der Waals surface area (Å²) in [6.07, 6.45) is 0.526. The van der Waals surface area contributed by atoms with E-state index in [0.717, 1.165) is 5.56 Å². The Hall–Kier alpha value is -0.910. The van der Waals surface area contributed by atoms with Crippen LogP contribution in [0.1, 0.15) is 44.2 Å². The van der Waals surface area contributed by atoms with Gasteiger partial charge in [0.05, 0.1) is 5.25 Å². The van der Waals surface area contributed by atoms with Crippen LogP contribution in [0.2, 0.25) is 0 Å². The van der Waals surface area contributed by atoms with Gasteiger partial charge in [0, 0.05) is 13.1 Å². The Kier molecular flexibility index (Phi) is 5.97. The molecule has 0 aliphatic heterocycles. The minimum absolute atomic E-state index is 0.151. The molecule has 108 valence electrons. The van der Waals surface area contributed by atoms with E-state index >= 15 is 0 Å². The van der Waals surface area contributed by atoms with E-state index in [1.807, 2.05) is 31.2 Å². The van der Waals surface area contributed by atoms with Crippen molar-refractivity contribution >= 4 is 10.0 Å². The third-order valence-electron chi connectivity index (χ3n) is 3.28. The maximum absolute atomic E-state index is 12.0. The lowest BCUT2D eigenvalue weighted by Gasteiger charge is -2.14. The highest BCUT2D eigenvalue weighted by molar-refractivity contribution is 7.90. The van der Waals surface area contributed by atoms with Gasteiger partial charge < -0.3 is 5.73 Å². The molecule has 0 heterocycles. The average molecular weight is 284 g/mol. The highest BCUT2D eigenvalue weighted by atomic mass is 32.2. The van der Waals surface area contributed by atoms with Crippen molar-refractivity contribution in [1.82, 2.24) is 4.72 Å². The summed E-state index contributed by atoms with van der Waals surface area (Å²) < 4.78 is 26.5. The Morgan fingerprint density at radius 3 is 2.21 bits per heavy atom. The summed E-state index contributed by atoms with van der Waals surface area (Å²) in [5, 5.41) is -0.512. The lowest BCUT2D eigenvalue weighted by molar-refractivity contribution is 0.561. The second kappa shape index (κ2) is 7.03. The van der Waals surface area contributed by atoms with Crippen molar-refractivity contribution in [3.63, 3.8) is 0 Å². The smallest absolute Gasteiger partial charge is 0.216 e. The molecule has 0 aliphatic carbocycles. The predicted molar refractivity (Wildman–Crippen MR) is 79.4 cm³/mol. The molecule has 0 fully saturated rings. The van der Waals surface area contributed by atoms with E-state index in [9.17, 15) is 8.42 Å². The van der Waals surface area contributed by atoms with Gasteiger partial charge in [0.25, 0.3) is 0 Å². The largest absolute Gasteiger partial charge is 0.329 e. The molecule has 1 rings (SSSR count). The Balaban J connectivity index is 2.66. The van der Waals surface area contributed by atoms with Crippen molar-refractivity contribution < 1.29 is 8.42 Å². The van der Waals surface area contributed by atoms with E-state index in [1.165, 1.54) is 5.56 Å². The van der Waals surface area contributed by atoms with Crippen LogP contribution in [-0.4, -0.2) is 20.2 Å². The highest BCUT2D eigenvalue weighted by Gasteiger charge is 2.21. The topological polar surface area (TPSA) is 72.2 Å². The molecule has 3 N–H and O–H groups in total. The lowest BCUT2D eigenvalue weighted by atomic mass is 10.0. The predicted octanol–water partition coefficient (Wildman–Crippen LogP) is 1.97. The Labute approximate surface area is 116 Å². The van der Waals surface area contributed by atoms with Crippen LogP contribution in [0, 0.1) is 0 Å². The first-order valence-electron chi connectivity index (χ1n) is 6.68. The first-order valence-corrected chi connectivity index (χ1v) is 8.22. The summed E-state index contributed by atoms with van der Waals surface area (Å²) in [5.41, 5.74) is 7.68. The monoisotopic (exact) mass is 284 g/mol. The lowest BCUT2D eigenvalue weighted by Crippen LogP contribution is -2.38. The Morgan fingerprint density at radius 1 is 1.21 bits per heavy atom. The molecule has 0 amide bonds. The fourth-order valence-electron chi connectivity index (χ4n) is 1.83. The van der Waals surface area contributed by atoms with Gasteiger partial charge in [-0.05, 0) is 23.5 Å². The van der Waals surface area contributed by atoms with Crippen LogP contribution in [-0.2, 0) is 16.6 Å². The summed E-state index contributed by atoms with van der Waals surface area (Å²) in [5.74, 6) is 0.479. The van der Waals surface area contributed by atoms with Crippen molar-refractivity contribution in [2.24, 2.45) is 5.73 Å². The van der Waals surface area contributed by atoms with E-state index < -0.39 is 15.3 Å². The second-order valence-electron chi connectivity index (χ2n) is 5.03. The zero-order valence-electron chi connectivity index (χ0n) is 11.9. The van der Waals surface area contributed by atoms with Gasteiger partial charge in [0.2, 0.25) is 10.0 Å². The summed E-state index contributed by atoms with van der Waals surface area (Å²) >= 11 is 0. The van der Waals surface area contributed by atoms with Gasteiger partial charge >= 0.3 is 0 Å². The molecule has 0 aromatic heterocycles. The van der Waals surface area contributed by atoms with Crippen molar-refractivity contribution in [3.8, 4) is 0 Å². The molecule has 0 aliphatic rings. The average Bonchev–Trinajstić information content (AvgIpc) is 2.38. The fourth-order valence-corrected chi connectivity index (χ4v) is 3.13. The molecule has 1 aromatic carbocycles. The molecule has 0 radical (unpaired) electrons. The first kappa shape index (κ1) is 16.1. The molecule has 0 spiro atoms. The molecule has 5 heteroatoms. The maximum Gasteiger partial charge on any atom is 0.216 e. The molecular weight excluding hydrogens is 260 g/mol. The molecule has 0 bridgehead atoms. The highest BCUT2D eigenvalue weighted by Crippen LogP contribution is 2.15. The van der Waals surface area contributed by atoms with Gasteiger partial charge in [-0.15, -0.1) is 0 Å². The van der Waals surface area contributed by atoms with Gasteiger partial charge in [0.1, 0.15) is 0 Å². The third kappa shape index (κ3) is 4.60. The number of hydrogen-bond acceptors (Lipinski definition) is 3. The normalized spacial score (nSPS) is 13.7. The molecule has 0 saturated carbocycles. The van der Waals surface area contributed by atoms with Crippen LogP contribution in [0.4, 0.5) is 0 Å². The zero-order valence-corrected chi connectivity index (χ0v) is 12.7. The van der Waals surface area contributed by atoms with Crippen molar-refractivity contribution in [1.29, 1.82) is 0 Å². The van der Waals surface area contributed by atoms with E-state index in [0.29, 0.717) is 18.9 Å². The summed E-state index contributed by atoms with van der Waals surface area (Å²) in [7, 11) is -3.32. The quantitative estimate of drug-likeness (QED) is 0.804. The van der Waals surface area contributed by atoms with E-state index in [-0.39, 0.29) is 6.54 Å². The third-order valence-corrected chi connectivity index (χ3v) is 5.23. The number of hydrogen-bond donors (Lipinski definition) is 2. The van der Waals surface area contributed by atoms with Crippen LogP contribution >= 0.6 is 0 Å². The zero-order chi connectivity index (χ0) is 14.5. The molecule has 4 nitrogen and oxygen atoms in total. The molecule has 1 aromatic rings. The van der Waals surface area contributed by atoms with Crippen LogP contribution in [0.15, 0.2) is 24.3 Å². The number of nitrogens with one attached hydrogen (secondary N) is 1. The summed E-state index contributed by atoms with van der Waals surface area (Å²) in [6, 6.07) is 7.99. The fraction of sp³-hybridized carbons (Fsp3) is 0.571. The van der Waals surface area contributed by atoms with E-state index in [1.54, 1.807) is 0 Å². The van der Waals surface area contributed by atoms with E-state index in [2.05, 4.69) is 18.6 Å². The number of benzene rings is 1. The molecular formula is C14H24N2O2S. The van der Waals surface area contributed by atoms with Gasteiger partial charge in [-0.3, -0.25) is 0 Å². The molecule has 19 heavy (non-hydrogen) atoms. The van der Waals surface area contributed by atoms with Crippen LogP contribution in [0.5, 0.6) is 0 Å². The SMILES string of the molecule is CCC(CN)S(=O)(=O)NCc1ccc(C(C)C)cc1. The minimum atomic E-state index is -3.32. The van der Waals surface area contributed by atoms with E-state index in [4.69, 9.17) is 5.73 Å². The Bertz CT molecular complexity index is 477. The van der Waals surface area contributed by atoms with Gasteiger partial charge in [-0.25, -0.2) is 13.1 Å². The van der Waals surface area contributed by atoms with Crippen molar-refractivity contribution in [2.45, 2.75) is 44.9 Å². The van der Waals surface area contributed by atoms with Crippen LogP contribution in [0.3, 0.4) is 0 Å². The first-order chi connectivity index (χ1) is 8.90. The Morgan fingerprint density at radius 2 is 1.79 bits per heavy atom. The van der Waals surface area contributed by atoms with Gasteiger partial charge in [-0.2, -0.15) is 0 Å². The van der Waals surface area contributed by atoms with Crippen molar-refractivity contribution in [3.05, 3.63) is 35.4 Å². The summed E-state index contributed by atoms with van der Waals surface area (Å²) in [4.78, 5) is 0. The molecule has 1 unspecified atom stereocenters. The molecule has 0 saturated heterocycles. The molecule has 1 atom stereocenters. The van der Waals surface area contributed by atoms with Gasteiger partial charge in [0.15, 0.2) is 0 Å². The van der Waals surface area contributed by atoms with Crippen LogP contribution in [0.25, 0.3) is 0 Å². The number of nitrogens with two attached hydrogens (primary N) is 1. The summed E-state index contributed by atoms with van der Waals surface area (Å²) in [6.45, 7) is 6.55. The van der Waals surface area contributed by atoms with Crippen LogP contribution < -0.4 is 10.5 Å². The minimum Gasteiger partial charge on any atom is -0.329 e. The van der Waals surface area contributed by atoms with Crippen molar-refractivity contribution in [2.75, 3.05) is 6.54 Å². The van der Waals surface area contributed by atoms with Gasteiger partial charge in [-0.1, -0.05) is 45.0 Å². The number of rotatable bonds is 7. The number of sulfonamides is 1.